The molecule has 0 saturated carbocycles. The fourth-order valence-electron chi connectivity index (χ4n) is 2.34. The number of ether oxygens (including phenoxy) is 1. The van der Waals surface area contributed by atoms with E-state index < -0.39 is 0 Å². The topological polar surface area (TPSA) is 51.2 Å². The number of halogens is 1. The average Bonchev–Trinajstić information content (AvgIpc) is 3.16. The van der Waals surface area contributed by atoms with Crippen molar-refractivity contribution in [2.45, 2.75) is 20.0 Å². The number of amides is 1. The lowest BCUT2D eigenvalue weighted by molar-refractivity contribution is 0.0949. The monoisotopic (exact) mass is 370 g/mol. The molecule has 0 aliphatic heterocycles. The molecule has 1 N–H and O–H groups in total. The van der Waals surface area contributed by atoms with E-state index >= 15 is 0 Å². The summed E-state index contributed by atoms with van der Waals surface area (Å²) in [5.41, 5.74) is 1.77. The molecule has 0 radical (unpaired) electrons. The SMILES string of the molecule is CCCNC(=O)c1csc(-c2cccc(OCc3ccccc3F)c2)n1. The normalized spacial score (nSPS) is 10.5. The van der Waals surface area contributed by atoms with Gasteiger partial charge in [0.15, 0.2) is 0 Å². The van der Waals surface area contributed by atoms with E-state index in [0.29, 0.717) is 23.6 Å². The molecule has 0 aliphatic carbocycles. The molecule has 0 saturated heterocycles. The number of carbonyl (C=O) groups is 1. The Kier molecular flexibility index (Phi) is 5.96. The third-order valence-electron chi connectivity index (χ3n) is 3.71. The van der Waals surface area contributed by atoms with Crippen LogP contribution in [0.15, 0.2) is 53.9 Å². The molecule has 3 aromatic rings. The Morgan fingerprint density at radius 1 is 1.23 bits per heavy atom. The van der Waals surface area contributed by atoms with E-state index in [2.05, 4.69) is 10.3 Å². The summed E-state index contributed by atoms with van der Waals surface area (Å²) in [4.78, 5) is 16.4. The summed E-state index contributed by atoms with van der Waals surface area (Å²) in [5.74, 6) is 0.172. The molecule has 0 fully saturated rings. The van der Waals surface area contributed by atoms with Crippen LogP contribution in [0.4, 0.5) is 4.39 Å². The average molecular weight is 370 g/mol. The number of hydrogen-bond donors (Lipinski definition) is 1. The predicted octanol–water partition coefficient (Wildman–Crippen LogP) is 4.67. The summed E-state index contributed by atoms with van der Waals surface area (Å²) >= 11 is 1.40. The van der Waals surface area contributed by atoms with Gasteiger partial charge in [-0.3, -0.25) is 4.79 Å². The van der Waals surface area contributed by atoms with Gasteiger partial charge >= 0.3 is 0 Å². The van der Waals surface area contributed by atoms with Crippen LogP contribution in [-0.2, 0) is 6.61 Å². The van der Waals surface area contributed by atoms with Gasteiger partial charge in [0.05, 0.1) is 0 Å². The first-order valence-electron chi connectivity index (χ1n) is 8.37. The van der Waals surface area contributed by atoms with Crippen LogP contribution in [0.5, 0.6) is 5.75 Å². The minimum absolute atomic E-state index is 0.151. The molecule has 0 atom stereocenters. The zero-order valence-electron chi connectivity index (χ0n) is 14.4. The van der Waals surface area contributed by atoms with Gasteiger partial charge in [0.2, 0.25) is 0 Å². The Morgan fingerprint density at radius 3 is 2.88 bits per heavy atom. The van der Waals surface area contributed by atoms with Crippen LogP contribution in [0.3, 0.4) is 0 Å². The highest BCUT2D eigenvalue weighted by atomic mass is 32.1. The first-order valence-corrected chi connectivity index (χ1v) is 9.25. The van der Waals surface area contributed by atoms with Crippen molar-refractivity contribution >= 4 is 17.2 Å². The smallest absolute Gasteiger partial charge is 0.270 e. The number of carbonyl (C=O) groups excluding carboxylic acids is 1. The highest BCUT2D eigenvalue weighted by Crippen LogP contribution is 2.27. The number of hydrogen-bond acceptors (Lipinski definition) is 4. The standard InChI is InChI=1S/C20H19FN2O2S/c1-2-10-22-19(24)18-13-26-20(23-18)14-7-5-8-16(11-14)25-12-15-6-3-4-9-17(15)21/h3-9,11,13H,2,10,12H2,1H3,(H,22,24). The second-order valence-electron chi connectivity index (χ2n) is 5.70. The summed E-state index contributed by atoms with van der Waals surface area (Å²) in [7, 11) is 0. The molecule has 1 amide bonds. The maximum Gasteiger partial charge on any atom is 0.270 e. The van der Waals surface area contributed by atoms with Crippen LogP contribution in [-0.4, -0.2) is 17.4 Å². The molecule has 0 spiro atoms. The summed E-state index contributed by atoms with van der Waals surface area (Å²) in [6.07, 6.45) is 0.879. The quantitative estimate of drug-likeness (QED) is 0.658. The number of aromatic nitrogens is 1. The summed E-state index contributed by atoms with van der Waals surface area (Å²) in [6, 6.07) is 13.9. The maximum atomic E-state index is 13.7. The van der Waals surface area contributed by atoms with E-state index in [1.54, 1.807) is 23.6 Å². The molecule has 1 aromatic heterocycles. The van der Waals surface area contributed by atoms with E-state index in [-0.39, 0.29) is 18.3 Å². The Bertz CT molecular complexity index is 895. The lowest BCUT2D eigenvalue weighted by Crippen LogP contribution is -2.24. The minimum Gasteiger partial charge on any atom is -0.489 e. The van der Waals surface area contributed by atoms with Crippen LogP contribution in [0, 0.1) is 5.82 Å². The molecule has 134 valence electrons. The Hall–Kier alpha value is -2.73. The first-order chi connectivity index (χ1) is 12.7. The van der Waals surface area contributed by atoms with Crippen molar-refractivity contribution in [2.24, 2.45) is 0 Å². The highest BCUT2D eigenvalue weighted by Gasteiger charge is 2.12. The molecule has 4 nitrogen and oxygen atoms in total. The Morgan fingerprint density at radius 2 is 2.08 bits per heavy atom. The van der Waals surface area contributed by atoms with Crippen LogP contribution in [0.1, 0.15) is 29.4 Å². The van der Waals surface area contributed by atoms with Gasteiger partial charge in [-0.1, -0.05) is 37.3 Å². The molecule has 0 unspecified atom stereocenters. The fraction of sp³-hybridized carbons (Fsp3) is 0.200. The van der Waals surface area contributed by atoms with Gasteiger partial charge in [-0.15, -0.1) is 11.3 Å². The minimum atomic E-state index is -0.286. The van der Waals surface area contributed by atoms with E-state index in [1.165, 1.54) is 17.4 Å². The molecule has 2 aromatic carbocycles. The Balaban J connectivity index is 1.70. The van der Waals surface area contributed by atoms with E-state index in [9.17, 15) is 9.18 Å². The largest absolute Gasteiger partial charge is 0.489 e. The van der Waals surface area contributed by atoms with E-state index in [1.807, 2.05) is 31.2 Å². The van der Waals surface area contributed by atoms with Crippen molar-refractivity contribution in [1.82, 2.24) is 10.3 Å². The molecule has 26 heavy (non-hydrogen) atoms. The third-order valence-corrected chi connectivity index (χ3v) is 4.60. The molecule has 0 bridgehead atoms. The highest BCUT2D eigenvalue weighted by molar-refractivity contribution is 7.13. The van der Waals surface area contributed by atoms with Gasteiger partial charge in [0.1, 0.15) is 28.9 Å². The molecule has 3 rings (SSSR count). The second-order valence-corrected chi connectivity index (χ2v) is 6.56. The lowest BCUT2D eigenvalue weighted by atomic mass is 10.2. The third kappa shape index (κ3) is 4.46. The fourth-order valence-corrected chi connectivity index (χ4v) is 3.13. The van der Waals surface area contributed by atoms with Gasteiger partial charge < -0.3 is 10.1 Å². The molecule has 1 heterocycles. The zero-order valence-corrected chi connectivity index (χ0v) is 15.2. The summed E-state index contributed by atoms with van der Waals surface area (Å²) in [6.45, 7) is 2.78. The Labute approximate surface area is 155 Å². The van der Waals surface area contributed by atoms with Crippen LogP contribution in [0.25, 0.3) is 10.6 Å². The molecule has 0 aliphatic rings. The van der Waals surface area contributed by atoms with E-state index in [4.69, 9.17) is 4.74 Å². The number of benzene rings is 2. The van der Waals surface area contributed by atoms with Gasteiger partial charge in [-0.05, 0) is 24.6 Å². The second kappa shape index (κ2) is 8.58. The zero-order chi connectivity index (χ0) is 18.4. The van der Waals surface area contributed by atoms with E-state index in [0.717, 1.165) is 17.0 Å². The van der Waals surface area contributed by atoms with Crippen molar-refractivity contribution in [3.8, 4) is 16.3 Å². The number of nitrogens with zero attached hydrogens (tertiary/aromatic N) is 1. The van der Waals surface area contributed by atoms with Gasteiger partial charge in [0.25, 0.3) is 5.91 Å². The maximum absolute atomic E-state index is 13.7. The van der Waals surface area contributed by atoms with Crippen molar-refractivity contribution < 1.29 is 13.9 Å². The van der Waals surface area contributed by atoms with Crippen molar-refractivity contribution in [2.75, 3.05) is 6.54 Å². The number of thiazole rings is 1. The van der Waals surface area contributed by atoms with Gasteiger partial charge in [-0.25, -0.2) is 9.37 Å². The molecular weight excluding hydrogens is 351 g/mol. The van der Waals surface area contributed by atoms with Gasteiger partial charge in [0, 0.05) is 23.1 Å². The molecule has 6 heteroatoms. The van der Waals surface area contributed by atoms with Gasteiger partial charge in [-0.2, -0.15) is 0 Å². The predicted molar refractivity (Wildman–Crippen MR) is 101 cm³/mol. The van der Waals surface area contributed by atoms with Crippen LogP contribution in [0.2, 0.25) is 0 Å². The summed E-state index contributed by atoms with van der Waals surface area (Å²) in [5, 5.41) is 5.30. The summed E-state index contributed by atoms with van der Waals surface area (Å²) < 4.78 is 19.4. The first kappa shape index (κ1) is 18.1. The number of rotatable bonds is 7. The van der Waals surface area contributed by atoms with Crippen LogP contribution < -0.4 is 10.1 Å². The molecular formula is C20H19FN2O2S. The number of nitrogens with one attached hydrogen (secondary N) is 1. The van der Waals surface area contributed by atoms with Crippen molar-refractivity contribution in [3.05, 3.63) is 71.0 Å². The van der Waals surface area contributed by atoms with Crippen molar-refractivity contribution in [1.29, 1.82) is 0 Å². The lowest BCUT2D eigenvalue weighted by Gasteiger charge is -2.08. The van der Waals surface area contributed by atoms with Crippen LogP contribution >= 0.6 is 11.3 Å². The van der Waals surface area contributed by atoms with Crippen molar-refractivity contribution in [3.63, 3.8) is 0 Å².